The minimum Gasteiger partial charge on any atom is -0.297 e. The van der Waals surface area contributed by atoms with Crippen molar-refractivity contribution < 1.29 is 4.39 Å². The molecule has 19 heavy (non-hydrogen) atoms. The van der Waals surface area contributed by atoms with E-state index in [2.05, 4.69) is 15.4 Å². The largest absolute Gasteiger partial charge is 0.297 e. The first kappa shape index (κ1) is 12.2. The summed E-state index contributed by atoms with van der Waals surface area (Å²) >= 11 is 1.57. The lowest BCUT2D eigenvalue weighted by Crippen LogP contribution is -2.29. The molecule has 98 valence electrons. The molecule has 0 aliphatic heterocycles. The van der Waals surface area contributed by atoms with Crippen molar-refractivity contribution in [1.29, 1.82) is 0 Å². The number of rotatable bonds is 4. The maximum absolute atomic E-state index is 13.2. The van der Waals surface area contributed by atoms with Gasteiger partial charge in [0.25, 0.3) is 0 Å². The molecular weight excluding hydrogens is 265 g/mol. The summed E-state index contributed by atoms with van der Waals surface area (Å²) in [5, 5.41) is 1.97. The normalized spacial score (nSPS) is 12.9. The number of halogens is 1. The third kappa shape index (κ3) is 2.48. The Hall–Kier alpha value is -1.83. The van der Waals surface area contributed by atoms with E-state index in [1.165, 1.54) is 12.3 Å². The molecule has 0 saturated heterocycles. The van der Waals surface area contributed by atoms with E-state index in [9.17, 15) is 4.39 Å². The van der Waals surface area contributed by atoms with E-state index in [0.717, 1.165) is 10.7 Å². The van der Waals surface area contributed by atoms with Gasteiger partial charge in [-0.05, 0) is 11.6 Å². The van der Waals surface area contributed by atoms with Crippen LogP contribution < -0.4 is 11.3 Å². The Kier molecular flexibility index (Phi) is 3.24. The van der Waals surface area contributed by atoms with E-state index in [1.54, 1.807) is 17.5 Å². The number of hydrazine groups is 1. The van der Waals surface area contributed by atoms with Gasteiger partial charge in [0.05, 0.1) is 17.9 Å². The number of aromatic nitrogens is 3. The number of nitrogens with two attached hydrogens (primary N) is 1. The van der Waals surface area contributed by atoms with Crippen molar-refractivity contribution in [3.05, 3.63) is 53.3 Å². The van der Waals surface area contributed by atoms with E-state index in [1.807, 2.05) is 22.2 Å². The Labute approximate surface area is 112 Å². The average Bonchev–Trinajstić information content (AvgIpc) is 2.96. The van der Waals surface area contributed by atoms with Gasteiger partial charge in [-0.1, -0.05) is 0 Å². The van der Waals surface area contributed by atoms with E-state index in [4.69, 9.17) is 5.84 Å². The highest BCUT2D eigenvalue weighted by Crippen LogP contribution is 2.19. The fraction of sp³-hybridized carbons (Fsp3) is 0.167. The molecule has 0 radical (unpaired) electrons. The zero-order valence-electron chi connectivity index (χ0n) is 9.95. The molecule has 0 saturated carbocycles. The average molecular weight is 277 g/mol. The predicted octanol–water partition coefficient (Wildman–Crippen LogP) is 1.68. The van der Waals surface area contributed by atoms with Gasteiger partial charge in [0.15, 0.2) is 4.96 Å². The Morgan fingerprint density at radius 2 is 2.37 bits per heavy atom. The second-order valence-electron chi connectivity index (χ2n) is 4.18. The van der Waals surface area contributed by atoms with Crippen LogP contribution in [-0.2, 0) is 6.42 Å². The standard InChI is InChI=1S/C12H12FN5S/c13-9-3-8(5-15-6-9)11(17-14)4-10-7-18-1-2-19-12(18)16-10/h1-3,5-7,11,17H,4,14H2. The van der Waals surface area contributed by atoms with Crippen LogP contribution in [0.25, 0.3) is 4.96 Å². The molecule has 3 aromatic rings. The topological polar surface area (TPSA) is 68.2 Å². The molecule has 3 aromatic heterocycles. The van der Waals surface area contributed by atoms with Gasteiger partial charge in [0.1, 0.15) is 5.82 Å². The molecule has 0 aliphatic rings. The van der Waals surface area contributed by atoms with Crippen LogP contribution >= 0.6 is 11.3 Å². The van der Waals surface area contributed by atoms with Crippen LogP contribution in [0.4, 0.5) is 4.39 Å². The highest BCUT2D eigenvalue weighted by molar-refractivity contribution is 7.15. The maximum Gasteiger partial charge on any atom is 0.193 e. The van der Waals surface area contributed by atoms with Gasteiger partial charge in [0.2, 0.25) is 0 Å². The minimum atomic E-state index is -0.372. The highest BCUT2D eigenvalue weighted by Gasteiger charge is 2.14. The molecule has 7 heteroatoms. The van der Waals surface area contributed by atoms with Crippen molar-refractivity contribution in [2.75, 3.05) is 0 Å². The first-order chi connectivity index (χ1) is 9.26. The molecule has 0 aliphatic carbocycles. The maximum atomic E-state index is 13.2. The van der Waals surface area contributed by atoms with Crippen molar-refractivity contribution in [3.63, 3.8) is 0 Å². The number of imidazole rings is 1. The van der Waals surface area contributed by atoms with Crippen LogP contribution in [0.1, 0.15) is 17.3 Å². The van der Waals surface area contributed by atoms with Gasteiger partial charge in [0, 0.05) is 30.4 Å². The second-order valence-corrected chi connectivity index (χ2v) is 5.06. The molecular formula is C12H12FN5S. The fourth-order valence-electron chi connectivity index (χ4n) is 1.98. The first-order valence-electron chi connectivity index (χ1n) is 5.74. The Bertz CT molecular complexity index is 664. The van der Waals surface area contributed by atoms with Crippen LogP contribution in [0.15, 0.2) is 36.2 Å². The molecule has 0 aromatic carbocycles. The number of thiazole rings is 1. The molecule has 5 nitrogen and oxygen atoms in total. The monoisotopic (exact) mass is 277 g/mol. The van der Waals surface area contributed by atoms with Gasteiger partial charge in [-0.3, -0.25) is 20.7 Å². The summed E-state index contributed by atoms with van der Waals surface area (Å²) in [7, 11) is 0. The Balaban J connectivity index is 1.85. The lowest BCUT2D eigenvalue weighted by molar-refractivity contribution is 0.537. The highest BCUT2D eigenvalue weighted by atomic mass is 32.1. The van der Waals surface area contributed by atoms with Crippen LogP contribution in [-0.4, -0.2) is 14.4 Å². The zero-order chi connectivity index (χ0) is 13.2. The van der Waals surface area contributed by atoms with E-state index >= 15 is 0 Å². The molecule has 0 spiro atoms. The third-order valence-corrected chi connectivity index (χ3v) is 3.66. The van der Waals surface area contributed by atoms with Crippen LogP contribution in [0.3, 0.4) is 0 Å². The lowest BCUT2D eigenvalue weighted by atomic mass is 10.1. The molecule has 3 rings (SSSR count). The van der Waals surface area contributed by atoms with Crippen molar-refractivity contribution in [3.8, 4) is 0 Å². The smallest absolute Gasteiger partial charge is 0.193 e. The van der Waals surface area contributed by atoms with Gasteiger partial charge >= 0.3 is 0 Å². The molecule has 0 bridgehead atoms. The number of nitrogens with one attached hydrogen (secondary N) is 1. The SMILES string of the molecule is NNC(Cc1cn2ccsc2n1)c1cncc(F)c1. The zero-order valence-corrected chi connectivity index (χ0v) is 10.8. The molecule has 1 unspecified atom stereocenters. The number of hydrogen-bond donors (Lipinski definition) is 2. The number of nitrogens with zero attached hydrogens (tertiary/aromatic N) is 3. The van der Waals surface area contributed by atoms with Crippen molar-refractivity contribution >= 4 is 16.3 Å². The summed E-state index contributed by atoms with van der Waals surface area (Å²) in [4.78, 5) is 9.25. The summed E-state index contributed by atoms with van der Waals surface area (Å²) < 4.78 is 15.1. The Morgan fingerprint density at radius 3 is 3.11 bits per heavy atom. The van der Waals surface area contributed by atoms with Crippen molar-refractivity contribution in [2.45, 2.75) is 12.5 Å². The third-order valence-electron chi connectivity index (χ3n) is 2.89. The van der Waals surface area contributed by atoms with E-state index < -0.39 is 0 Å². The van der Waals surface area contributed by atoms with Crippen molar-refractivity contribution in [2.24, 2.45) is 5.84 Å². The van der Waals surface area contributed by atoms with E-state index in [-0.39, 0.29) is 11.9 Å². The molecule has 3 N–H and O–H groups in total. The summed E-state index contributed by atoms with van der Waals surface area (Å²) in [6, 6.07) is 1.21. The van der Waals surface area contributed by atoms with Gasteiger partial charge in [-0.25, -0.2) is 9.37 Å². The summed E-state index contributed by atoms with van der Waals surface area (Å²) in [5.41, 5.74) is 4.29. The first-order valence-corrected chi connectivity index (χ1v) is 6.62. The molecule has 1 atom stereocenters. The van der Waals surface area contributed by atoms with Crippen molar-refractivity contribution in [1.82, 2.24) is 19.8 Å². The fourth-order valence-corrected chi connectivity index (χ4v) is 2.69. The van der Waals surface area contributed by atoms with Gasteiger partial charge < -0.3 is 0 Å². The van der Waals surface area contributed by atoms with Gasteiger partial charge in [-0.15, -0.1) is 11.3 Å². The van der Waals surface area contributed by atoms with E-state index in [0.29, 0.717) is 12.0 Å². The summed E-state index contributed by atoms with van der Waals surface area (Å²) in [6.45, 7) is 0. The number of hydrogen-bond acceptors (Lipinski definition) is 5. The molecule has 3 heterocycles. The van der Waals surface area contributed by atoms with Crippen LogP contribution in [0, 0.1) is 5.82 Å². The molecule has 0 amide bonds. The predicted molar refractivity (Wildman–Crippen MR) is 71.0 cm³/mol. The summed E-state index contributed by atoms with van der Waals surface area (Å²) in [5.74, 6) is 5.17. The second kappa shape index (κ2) is 5.04. The van der Waals surface area contributed by atoms with Gasteiger partial charge in [-0.2, -0.15) is 0 Å². The number of fused-ring (bicyclic) bond motifs is 1. The summed E-state index contributed by atoms with van der Waals surface area (Å²) in [6.07, 6.45) is 7.25. The van der Waals surface area contributed by atoms with Crippen LogP contribution in [0.5, 0.6) is 0 Å². The number of pyridine rings is 1. The molecule has 0 fully saturated rings. The minimum absolute atomic E-state index is 0.215. The Morgan fingerprint density at radius 1 is 1.47 bits per heavy atom. The quantitative estimate of drug-likeness (QED) is 0.562. The lowest BCUT2D eigenvalue weighted by Gasteiger charge is -2.14. The van der Waals surface area contributed by atoms with Crippen LogP contribution in [0.2, 0.25) is 0 Å².